The van der Waals surface area contributed by atoms with Crippen LogP contribution in [0.1, 0.15) is 24.4 Å². The number of methoxy groups -OCH3 is 1. The molecule has 5 nitrogen and oxygen atoms in total. The lowest BCUT2D eigenvalue weighted by Crippen LogP contribution is -2.28. The molecule has 0 aromatic carbocycles. The zero-order chi connectivity index (χ0) is 14.4. The monoisotopic (exact) mass is 274 g/mol. The molecule has 2 heterocycles. The standard InChI is InChI=1S/C15H22N4O/c1-4-19-10-8-13(17-19)11-18(2)15(12-20-3)14-7-5-6-9-16-14/h5-10,15H,4,11-12H2,1-3H3. The fourth-order valence-corrected chi connectivity index (χ4v) is 2.20. The zero-order valence-electron chi connectivity index (χ0n) is 12.4. The molecule has 0 spiro atoms. The lowest BCUT2D eigenvalue weighted by molar-refractivity contribution is 0.0991. The van der Waals surface area contributed by atoms with E-state index >= 15 is 0 Å². The third-order valence-electron chi connectivity index (χ3n) is 3.32. The Balaban J connectivity index is 2.08. The molecule has 2 aromatic rings. The summed E-state index contributed by atoms with van der Waals surface area (Å²) in [5.74, 6) is 0. The first kappa shape index (κ1) is 14.7. The average Bonchev–Trinajstić information content (AvgIpc) is 2.93. The number of ether oxygens (including phenoxy) is 1. The molecule has 0 N–H and O–H groups in total. The van der Waals surface area contributed by atoms with Crippen molar-refractivity contribution in [2.24, 2.45) is 0 Å². The van der Waals surface area contributed by atoms with Gasteiger partial charge in [0.25, 0.3) is 0 Å². The molecular formula is C15H22N4O. The van der Waals surface area contributed by atoms with Crippen LogP contribution in [0.3, 0.4) is 0 Å². The molecule has 2 aromatic heterocycles. The van der Waals surface area contributed by atoms with Gasteiger partial charge in [0.2, 0.25) is 0 Å². The van der Waals surface area contributed by atoms with Crippen LogP contribution in [0.15, 0.2) is 36.7 Å². The second-order valence-electron chi connectivity index (χ2n) is 4.80. The normalized spacial score (nSPS) is 12.8. The molecule has 1 unspecified atom stereocenters. The second kappa shape index (κ2) is 7.17. The molecule has 108 valence electrons. The summed E-state index contributed by atoms with van der Waals surface area (Å²) in [7, 11) is 3.79. The van der Waals surface area contributed by atoms with Crippen molar-refractivity contribution >= 4 is 0 Å². The van der Waals surface area contributed by atoms with Gasteiger partial charge < -0.3 is 4.74 Å². The first-order valence-electron chi connectivity index (χ1n) is 6.87. The van der Waals surface area contributed by atoms with E-state index in [2.05, 4.69) is 35.0 Å². The van der Waals surface area contributed by atoms with Crippen LogP contribution in [0, 0.1) is 0 Å². The van der Waals surface area contributed by atoms with Gasteiger partial charge in [-0.15, -0.1) is 0 Å². The molecule has 0 fully saturated rings. The summed E-state index contributed by atoms with van der Waals surface area (Å²) in [6, 6.07) is 8.15. The van der Waals surface area contributed by atoms with Gasteiger partial charge in [0.05, 0.1) is 24.0 Å². The minimum Gasteiger partial charge on any atom is -0.383 e. The summed E-state index contributed by atoms with van der Waals surface area (Å²) < 4.78 is 7.28. The van der Waals surface area contributed by atoms with E-state index in [-0.39, 0.29) is 6.04 Å². The molecule has 0 bridgehead atoms. The summed E-state index contributed by atoms with van der Waals surface area (Å²) in [5, 5.41) is 4.52. The van der Waals surface area contributed by atoms with E-state index in [1.807, 2.05) is 35.3 Å². The van der Waals surface area contributed by atoms with Gasteiger partial charge in [-0.05, 0) is 32.2 Å². The Morgan fingerprint density at radius 1 is 1.35 bits per heavy atom. The van der Waals surface area contributed by atoms with Gasteiger partial charge in [-0.2, -0.15) is 5.10 Å². The van der Waals surface area contributed by atoms with Crippen LogP contribution < -0.4 is 0 Å². The predicted octanol–water partition coefficient (Wildman–Crippen LogP) is 2.12. The Kier molecular flexibility index (Phi) is 5.26. The van der Waals surface area contributed by atoms with Gasteiger partial charge in [-0.3, -0.25) is 14.6 Å². The maximum atomic E-state index is 5.34. The number of aryl methyl sites for hydroxylation is 1. The summed E-state index contributed by atoms with van der Waals surface area (Å²) in [6.07, 6.45) is 3.83. The number of likely N-dealkylation sites (N-methyl/N-ethyl adjacent to an activating group) is 1. The van der Waals surface area contributed by atoms with E-state index in [1.165, 1.54) is 0 Å². The van der Waals surface area contributed by atoms with E-state index in [0.717, 1.165) is 24.5 Å². The van der Waals surface area contributed by atoms with Crippen molar-refractivity contribution in [3.63, 3.8) is 0 Å². The molecule has 20 heavy (non-hydrogen) atoms. The van der Waals surface area contributed by atoms with Crippen LogP contribution in [0.25, 0.3) is 0 Å². The molecule has 0 aliphatic rings. The van der Waals surface area contributed by atoms with Gasteiger partial charge in [0.15, 0.2) is 0 Å². The molecule has 0 saturated carbocycles. The Bertz CT molecular complexity index is 512. The van der Waals surface area contributed by atoms with Crippen LogP contribution >= 0.6 is 0 Å². The maximum absolute atomic E-state index is 5.34. The quantitative estimate of drug-likeness (QED) is 0.775. The Morgan fingerprint density at radius 2 is 2.20 bits per heavy atom. The van der Waals surface area contributed by atoms with Crippen molar-refractivity contribution in [3.8, 4) is 0 Å². The second-order valence-corrected chi connectivity index (χ2v) is 4.80. The highest BCUT2D eigenvalue weighted by Crippen LogP contribution is 2.19. The van der Waals surface area contributed by atoms with Crippen molar-refractivity contribution < 1.29 is 4.74 Å². The van der Waals surface area contributed by atoms with Crippen molar-refractivity contribution in [2.45, 2.75) is 26.1 Å². The van der Waals surface area contributed by atoms with Gasteiger partial charge in [0, 0.05) is 32.6 Å². The fourth-order valence-electron chi connectivity index (χ4n) is 2.20. The number of hydrogen-bond donors (Lipinski definition) is 0. The third-order valence-corrected chi connectivity index (χ3v) is 3.32. The molecule has 2 rings (SSSR count). The Morgan fingerprint density at radius 3 is 2.80 bits per heavy atom. The number of rotatable bonds is 7. The van der Waals surface area contributed by atoms with Crippen LogP contribution in [-0.4, -0.2) is 40.4 Å². The molecule has 0 aliphatic carbocycles. The molecule has 1 atom stereocenters. The van der Waals surface area contributed by atoms with E-state index in [9.17, 15) is 0 Å². The topological polar surface area (TPSA) is 43.2 Å². The van der Waals surface area contributed by atoms with Crippen LogP contribution in [0.4, 0.5) is 0 Å². The van der Waals surface area contributed by atoms with Gasteiger partial charge in [-0.25, -0.2) is 0 Å². The Hall–Kier alpha value is -1.72. The minimum atomic E-state index is 0.132. The van der Waals surface area contributed by atoms with Crippen LogP contribution in [0.2, 0.25) is 0 Å². The van der Waals surface area contributed by atoms with Crippen molar-refractivity contribution in [2.75, 3.05) is 20.8 Å². The summed E-state index contributed by atoms with van der Waals surface area (Å²) in [4.78, 5) is 6.65. The molecule has 0 amide bonds. The lowest BCUT2D eigenvalue weighted by Gasteiger charge is -2.26. The van der Waals surface area contributed by atoms with E-state index < -0.39 is 0 Å². The first-order chi connectivity index (χ1) is 9.74. The number of pyridine rings is 1. The van der Waals surface area contributed by atoms with Gasteiger partial charge in [-0.1, -0.05) is 6.07 Å². The highest BCUT2D eigenvalue weighted by Gasteiger charge is 2.19. The minimum absolute atomic E-state index is 0.132. The number of aromatic nitrogens is 3. The number of nitrogens with zero attached hydrogens (tertiary/aromatic N) is 4. The van der Waals surface area contributed by atoms with E-state index in [0.29, 0.717) is 6.61 Å². The lowest BCUT2D eigenvalue weighted by atomic mass is 10.1. The summed E-state index contributed by atoms with van der Waals surface area (Å²) in [6.45, 7) is 4.37. The highest BCUT2D eigenvalue weighted by molar-refractivity contribution is 5.10. The van der Waals surface area contributed by atoms with Crippen molar-refractivity contribution in [3.05, 3.63) is 48.0 Å². The zero-order valence-corrected chi connectivity index (χ0v) is 12.4. The molecular weight excluding hydrogens is 252 g/mol. The third kappa shape index (κ3) is 3.65. The van der Waals surface area contributed by atoms with Crippen molar-refractivity contribution in [1.29, 1.82) is 0 Å². The smallest absolute Gasteiger partial charge is 0.0764 e. The SMILES string of the molecule is CCn1ccc(CN(C)C(COC)c2ccccn2)n1. The van der Waals surface area contributed by atoms with E-state index in [1.54, 1.807) is 7.11 Å². The Labute approximate surface area is 120 Å². The molecule has 0 saturated heterocycles. The summed E-state index contributed by atoms with van der Waals surface area (Å²) >= 11 is 0. The van der Waals surface area contributed by atoms with Crippen molar-refractivity contribution in [1.82, 2.24) is 19.7 Å². The van der Waals surface area contributed by atoms with Gasteiger partial charge in [0.1, 0.15) is 0 Å². The van der Waals surface area contributed by atoms with Crippen LogP contribution in [-0.2, 0) is 17.8 Å². The maximum Gasteiger partial charge on any atom is 0.0764 e. The van der Waals surface area contributed by atoms with Gasteiger partial charge >= 0.3 is 0 Å². The number of hydrogen-bond acceptors (Lipinski definition) is 4. The fraction of sp³-hybridized carbons (Fsp3) is 0.467. The molecule has 0 radical (unpaired) electrons. The first-order valence-corrected chi connectivity index (χ1v) is 6.87. The highest BCUT2D eigenvalue weighted by atomic mass is 16.5. The van der Waals surface area contributed by atoms with E-state index in [4.69, 9.17) is 4.74 Å². The molecule has 5 heteroatoms. The predicted molar refractivity (Wildman–Crippen MR) is 78.2 cm³/mol. The van der Waals surface area contributed by atoms with Crippen LogP contribution in [0.5, 0.6) is 0 Å². The summed E-state index contributed by atoms with van der Waals surface area (Å²) in [5.41, 5.74) is 2.08. The average molecular weight is 274 g/mol. The molecule has 0 aliphatic heterocycles. The largest absolute Gasteiger partial charge is 0.383 e.